The van der Waals surface area contributed by atoms with Crippen LogP contribution in [0.3, 0.4) is 0 Å². The van der Waals surface area contributed by atoms with Gasteiger partial charge in [0.1, 0.15) is 0 Å². The van der Waals surface area contributed by atoms with Gasteiger partial charge in [0.15, 0.2) is 11.6 Å². The molecule has 0 aromatic heterocycles. The number of nitrogen functional groups attached to an aromatic ring is 1. The first kappa shape index (κ1) is 15.1. The summed E-state index contributed by atoms with van der Waals surface area (Å²) in [4.78, 5) is 1.85. The van der Waals surface area contributed by atoms with Crippen molar-refractivity contribution in [2.24, 2.45) is 0 Å². The van der Waals surface area contributed by atoms with Gasteiger partial charge in [0.05, 0.1) is 30.0 Å². The van der Waals surface area contributed by atoms with E-state index in [2.05, 4.69) is 6.07 Å². The predicted octanol–water partition coefficient (Wildman–Crippen LogP) is 2.93. The van der Waals surface area contributed by atoms with E-state index >= 15 is 0 Å². The Hall–Kier alpha value is -1.96. The molecular formula is C14H20FN3O. The van der Waals surface area contributed by atoms with Gasteiger partial charge in [0.2, 0.25) is 0 Å². The van der Waals surface area contributed by atoms with Gasteiger partial charge in [0, 0.05) is 25.2 Å². The third-order valence-electron chi connectivity index (χ3n) is 2.87. The number of ether oxygens (including phenoxy) is 1. The van der Waals surface area contributed by atoms with Crippen LogP contribution in [-0.2, 0) is 0 Å². The third-order valence-corrected chi connectivity index (χ3v) is 2.87. The molecule has 2 N–H and O–H groups in total. The van der Waals surface area contributed by atoms with Gasteiger partial charge in [-0.1, -0.05) is 0 Å². The molecule has 0 fully saturated rings. The summed E-state index contributed by atoms with van der Waals surface area (Å²) >= 11 is 0. The van der Waals surface area contributed by atoms with Gasteiger partial charge in [-0.15, -0.1) is 0 Å². The molecule has 0 spiro atoms. The van der Waals surface area contributed by atoms with Gasteiger partial charge < -0.3 is 15.4 Å². The first-order chi connectivity index (χ1) is 8.86. The predicted molar refractivity (Wildman–Crippen MR) is 74.7 cm³/mol. The van der Waals surface area contributed by atoms with E-state index in [4.69, 9.17) is 15.7 Å². The second kappa shape index (κ2) is 6.28. The van der Waals surface area contributed by atoms with Crippen molar-refractivity contribution in [2.75, 3.05) is 17.7 Å². The summed E-state index contributed by atoms with van der Waals surface area (Å²) in [6.45, 7) is 5.57. The number of benzene rings is 1. The molecule has 0 radical (unpaired) electrons. The summed E-state index contributed by atoms with van der Waals surface area (Å²) in [7, 11) is 1.82. The zero-order valence-electron chi connectivity index (χ0n) is 11.8. The molecule has 104 valence electrons. The normalized spacial score (nSPS) is 12.1. The molecule has 0 aliphatic carbocycles. The molecule has 0 saturated carbocycles. The fourth-order valence-corrected chi connectivity index (χ4v) is 1.71. The topological polar surface area (TPSA) is 62.3 Å². The van der Waals surface area contributed by atoms with Gasteiger partial charge in [0.25, 0.3) is 0 Å². The highest BCUT2D eigenvalue weighted by molar-refractivity contribution is 5.70. The molecular weight excluding hydrogens is 245 g/mol. The maximum Gasteiger partial charge on any atom is 0.167 e. The van der Waals surface area contributed by atoms with Crippen molar-refractivity contribution in [1.29, 1.82) is 5.26 Å². The van der Waals surface area contributed by atoms with Gasteiger partial charge >= 0.3 is 0 Å². The van der Waals surface area contributed by atoms with Gasteiger partial charge in [-0.25, -0.2) is 4.39 Å². The van der Waals surface area contributed by atoms with Gasteiger partial charge in [-0.3, -0.25) is 0 Å². The average Bonchev–Trinajstić information content (AvgIpc) is 2.31. The number of halogens is 1. The van der Waals surface area contributed by atoms with E-state index in [9.17, 15) is 4.39 Å². The molecule has 0 amide bonds. The Morgan fingerprint density at radius 1 is 1.42 bits per heavy atom. The van der Waals surface area contributed by atoms with Crippen molar-refractivity contribution in [3.05, 3.63) is 17.9 Å². The Balaban J connectivity index is 3.10. The van der Waals surface area contributed by atoms with E-state index in [1.165, 1.54) is 6.07 Å². The largest absolute Gasteiger partial charge is 0.488 e. The lowest BCUT2D eigenvalue weighted by atomic mass is 10.1. The zero-order chi connectivity index (χ0) is 14.6. The average molecular weight is 265 g/mol. The van der Waals surface area contributed by atoms with Crippen LogP contribution in [0.25, 0.3) is 0 Å². The number of nitriles is 1. The number of rotatable bonds is 5. The van der Waals surface area contributed by atoms with Crippen LogP contribution in [-0.4, -0.2) is 19.2 Å². The molecule has 1 unspecified atom stereocenters. The summed E-state index contributed by atoms with van der Waals surface area (Å²) in [5.74, 6) is -0.300. The molecule has 0 aliphatic rings. The summed E-state index contributed by atoms with van der Waals surface area (Å²) in [5.41, 5.74) is 6.84. The third kappa shape index (κ3) is 3.75. The van der Waals surface area contributed by atoms with Crippen molar-refractivity contribution in [3.63, 3.8) is 0 Å². The van der Waals surface area contributed by atoms with Crippen molar-refractivity contribution in [1.82, 2.24) is 0 Å². The Kier molecular flexibility index (Phi) is 4.99. The second-order valence-corrected chi connectivity index (χ2v) is 4.83. The molecule has 5 heteroatoms. The molecule has 0 bridgehead atoms. The van der Waals surface area contributed by atoms with E-state index in [0.29, 0.717) is 17.8 Å². The lowest BCUT2D eigenvalue weighted by Gasteiger charge is -2.27. The van der Waals surface area contributed by atoms with Crippen LogP contribution >= 0.6 is 0 Å². The molecule has 1 rings (SSSR count). The van der Waals surface area contributed by atoms with E-state index < -0.39 is 5.82 Å². The number of anilines is 2. The number of hydrogen-bond donors (Lipinski definition) is 1. The highest BCUT2D eigenvalue weighted by atomic mass is 19.1. The SMILES string of the molecule is CC(C)Oc1cc(N(C)C(C)CC#N)c(N)cc1F. The Morgan fingerprint density at radius 2 is 2.05 bits per heavy atom. The minimum absolute atomic E-state index is 0.00957. The molecule has 0 heterocycles. The molecule has 1 atom stereocenters. The minimum atomic E-state index is -0.476. The van der Waals surface area contributed by atoms with Gasteiger partial charge in [-0.2, -0.15) is 5.26 Å². The molecule has 19 heavy (non-hydrogen) atoms. The smallest absolute Gasteiger partial charge is 0.167 e. The highest BCUT2D eigenvalue weighted by Gasteiger charge is 2.16. The summed E-state index contributed by atoms with van der Waals surface area (Å²) in [6.07, 6.45) is 0.251. The Morgan fingerprint density at radius 3 is 2.58 bits per heavy atom. The number of nitrogens with zero attached hydrogens (tertiary/aromatic N) is 2. The molecule has 4 nitrogen and oxygen atoms in total. The second-order valence-electron chi connectivity index (χ2n) is 4.83. The highest BCUT2D eigenvalue weighted by Crippen LogP contribution is 2.32. The maximum atomic E-state index is 13.7. The summed E-state index contributed by atoms with van der Waals surface area (Å²) < 4.78 is 19.1. The molecule has 1 aromatic rings. The van der Waals surface area contributed by atoms with Gasteiger partial charge in [-0.05, 0) is 20.8 Å². The van der Waals surface area contributed by atoms with E-state index in [-0.39, 0.29) is 17.9 Å². The lowest BCUT2D eigenvalue weighted by Crippen LogP contribution is -2.29. The molecule has 0 aliphatic heterocycles. The zero-order valence-corrected chi connectivity index (χ0v) is 11.8. The van der Waals surface area contributed by atoms with Crippen molar-refractivity contribution >= 4 is 11.4 Å². The Labute approximate surface area is 113 Å². The molecule has 0 saturated heterocycles. The number of nitrogens with two attached hydrogens (primary N) is 1. The number of hydrogen-bond acceptors (Lipinski definition) is 4. The van der Waals surface area contributed by atoms with Crippen LogP contribution in [0.5, 0.6) is 5.75 Å². The monoisotopic (exact) mass is 265 g/mol. The van der Waals surface area contributed by atoms with Crippen molar-refractivity contribution in [2.45, 2.75) is 39.3 Å². The van der Waals surface area contributed by atoms with Crippen LogP contribution in [0.2, 0.25) is 0 Å². The van der Waals surface area contributed by atoms with E-state index in [1.54, 1.807) is 6.07 Å². The first-order valence-electron chi connectivity index (χ1n) is 6.22. The van der Waals surface area contributed by atoms with Crippen LogP contribution < -0.4 is 15.4 Å². The minimum Gasteiger partial charge on any atom is -0.488 e. The van der Waals surface area contributed by atoms with Crippen LogP contribution in [0.4, 0.5) is 15.8 Å². The Bertz CT molecular complexity index is 482. The first-order valence-corrected chi connectivity index (χ1v) is 6.22. The maximum absolute atomic E-state index is 13.7. The quantitative estimate of drug-likeness (QED) is 0.831. The van der Waals surface area contributed by atoms with Crippen LogP contribution in [0.1, 0.15) is 27.2 Å². The van der Waals surface area contributed by atoms with Crippen LogP contribution in [0, 0.1) is 17.1 Å². The standard InChI is InChI=1S/C14H20FN3O/c1-9(2)19-14-8-13(12(17)7-11(14)15)18(4)10(3)5-6-16/h7-10H,5,17H2,1-4H3. The van der Waals surface area contributed by atoms with E-state index in [0.717, 1.165) is 0 Å². The summed E-state index contributed by atoms with van der Waals surface area (Å²) in [6, 6.07) is 4.93. The molecule has 1 aromatic carbocycles. The fraction of sp³-hybridized carbons (Fsp3) is 0.500. The van der Waals surface area contributed by atoms with Crippen molar-refractivity contribution < 1.29 is 9.13 Å². The fourth-order valence-electron chi connectivity index (χ4n) is 1.71. The van der Waals surface area contributed by atoms with Crippen molar-refractivity contribution in [3.8, 4) is 11.8 Å². The summed E-state index contributed by atoms with van der Waals surface area (Å²) in [5, 5.41) is 8.73. The lowest BCUT2D eigenvalue weighted by molar-refractivity contribution is 0.231. The van der Waals surface area contributed by atoms with Crippen LogP contribution in [0.15, 0.2) is 12.1 Å². The van der Waals surface area contributed by atoms with E-state index in [1.807, 2.05) is 32.7 Å².